The van der Waals surface area contributed by atoms with E-state index in [1.807, 2.05) is 66.9 Å². The van der Waals surface area contributed by atoms with Crippen LogP contribution in [0.5, 0.6) is 0 Å². The number of aromatic nitrogens is 6. The Morgan fingerprint density at radius 2 is 0.900 bits per heavy atom. The summed E-state index contributed by atoms with van der Waals surface area (Å²) in [4.78, 5) is 24.4. The Morgan fingerprint density at radius 3 is 1.57 bits per heavy atom. The molecule has 0 unspecified atom stereocenters. The van der Waals surface area contributed by atoms with Gasteiger partial charge in [-0.2, -0.15) is 0 Å². The van der Waals surface area contributed by atoms with Crippen molar-refractivity contribution in [3.8, 4) is 0 Å². The first-order valence-corrected chi connectivity index (χ1v) is 9.35. The third-order valence-electron chi connectivity index (χ3n) is 4.18. The first-order valence-electron chi connectivity index (χ1n) is 9.35. The van der Waals surface area contributed by atoms with Crippen molar-refractivity contribution in [3.05, 3.63) is 110 Å². The lowest BCUT2D eigenvalue weighted by Crippen LogP contribution is -1.78. The molecule has 6 aromatic heterocycles. The summed E-state index contributed by atoms with van der Waals surface area (Å²) in [6, 6.07) is 19.3. The van der Waals surface area contributed by atoms with E-state index in [0.29, 0.717) is 0 Å². The molecule has 0 N–H and O–H groups in total. The lowest BCUT2D eigenvalue weighted by Gasteiger charge is -1.90. The fourth-order valence-electron chi connectivity index (χ4n) is 2.74. The molecule has 6 aromatic rings. The zero-order chi connectivity index (χ0) is 20.4. The van der Waals surface area contributed by atoms with Gasteiger partial charge in [0.25, 0.3) is 0 Å². The van der Waals surface area contributed by atoms with Gasteiger partial charge < -0.3 is 0 Å². The number of pyridine rings is 6. The molecular formula is C24H18N6. The van der Waals surface area contributed by atoms with E-state index in [1.54, 1.807) is 43.4 Å². The highest BCUT2D eigenvalue weighted by atomic mass is 14.7. The molecule has 0 atom stereocenters. The van der Waals surface area contributed by atoms with Gasteiger partial charge in [0.1, 0.15) is 0 Å². The number of hydrogen-bond donors (Lipinski definition) is 0. The van der Waals surface area contributed by atoms with Crippen LogP contribution in [0, 0.1) is 0 Å². The largest absolute Gasteiger partial charge is 0.264 e. The second-order valence-corrected chi connectivity index (χ2v) is 6.19. The van der Waals surface area contributed by atoms with E-state index in [0.717, 1.165) is 32.8 Å². The number of nitrogens with zero attached hydrogens (tertiary/aromatic N) is 6. The maximum atomic E-state index is 4.14. The molecule has 0 aliphatic rings. The molecule has 0 saturated carbocycles. The van der Waals surface area contributed by atoms with E-state index in [-0.39, 0.29) is 0 Å². The van der Waals surface area contributed by atoms with Gasteiger partial charge >= 0.3 is 0 Å². The van der Waals surface area contributed by atoms with Crippen molar-refractivity contribution in [3.63, 3.8) is 0 Å². The first-order chi connectivity index (χ1) is 14.9. The standard InChI is InChI=1S/3C8H6N2/c1-3-7-8(9-5-1)4-2-6-10-7;1-2-7-6-9-5-3-8(7)10-4-1;1-2-7-3-5-9-6-8(7)10-4-1/h3*1-6H. The molecular weight excluding hydrogens is 372 g/mol. The maximum absolute atomic E-state index is 4.14. The second kappa shape index (κ2) is 9.75. The van der Waals surface area contributed by atoms with Crippen LogP contribution >= 0.6 is 0 Å². The summed E-state index contributed by atoms with van der Waals surface area (Å²) >= 11 is 0. The highest BCUT2D eigenvalue weighted by Crippen LogP contribution is 2.07. The van der Waals surface area contributed by atoms with Crippen molar-refractivity contribution in [2.24, 2.45) is 0 Å². The molecule has 0 saturated heterocycles. The average Bonchev–Trinajstić information content (AvgIpc) is 2.85. The van der Waals surface area contributed by atoms with E-state index >= 15 is 0 Å². The Morgan fingerprint density at radius 1 is 0.367 bits per heavy atom. The monoisotopic (exact) mass is 390 g/mol. The predicted molar refractivity (Wildman–Crippen MR) is 119 cm³/mol. The Balaban J connectivity index is 0.000000109. The Labute approximate surface area is 173 Å². The average molecular weight is 390 g/mol. The van der Waals surface area contributed by atoms with Crippen LogP contribution in [0.15, 0.2) is 110 Å². The van der Waals surface area contributed by atoms with Crippen LogP contribution in [0.1, 0.15) is 0 Å². The van der Waals surface area contributed by atoms with Gasteiger partial charge in [0, 0.05) is 54.2 Å². The smallest absolute Gasteiger partial charge is 0.0886 e. The lowest BCUT2D eigenvalue weighted by molar-refractivity contribution is 1.31. The van der Waals surface area contributed by atoms with Gasteiger partial charge in [-0.25, -0.2) is 0 Å². The van der Waals surface area contributed by atoms with Crippen molar-refractivity contribution in [2.75, 3.05) is 0 Å². The van der Waals surface area contributed by atoms with E-state index in [2.05, 4.69) is 29.9 Å². The third kappa shape index (κ3) is 4.94. The van der Waals surface area contributed by atoms with Gasteiger partial charge in [-0.1, -0.05) is 6.07 Å². The van der Waals surface area contributed by atoms with Crippen LogP contribution in [0.4, 0.5) is 0 Å². The quantitative estimate of drug-likeness (QED) is 0.367. The van der Waals surface area contributed by atoms with Crippen LogP contribution in [0.2, 0.25) is 0 Å². The summed E-state index contributed by atoms with van der Waals surface area (Å²) in [5.74, 6) is 0. The van der Waals surface area contributed by atoms with Gasteiger partial charge in [0.15, 0.2) is 0 Å². The predicted octanol–water partition coefficient (Wildman–Crippen LogP) is 4.89. The zero-order valence-electron chi connectivity index (χ0n) is 16.1. The minimum Gasteiger partial charge on any atom is -0.264 e. The highest BCUT2D eigenvalue weighted by molar-refractivity contribution is 5.77. The van der Waals surface area contributed by atoms with Crippen LogP contribution < -0.4 is 0 Å². The van der Waals surface area contributed by atoms with Crippen LogP contribution in [-0.4, -0.2) is 29.9 Å². The van der Waals surface area contributed by atoms with Crippen molar-refractivity contribution in [2.45, 2.75) is 0 Å². The summed E-state index contributed by atoms with van der Waals surface area (Å²) in [7, 11) is 0. The van der Waals surface area contributed by atoms with Gasteiger partial charge in [-0.3, -0.25) is 29.9 Å². The van der Waals surface area contributed by atoms with E-state index in [4.69, 9.17) is 0 Å². The Hall–Kier alpha value is -4.32. The summed E-state index contributed by atoms with van der Waals surface area (Å²) in [5.41, 5.74) is 3.84. The molecule has 0 bridgehead atoms. The molecule has 0 radical (unpaired) electrons. The highest BCUT2D eigenvalue weighted by Gasteiger charge is 1.89. The summed E-state index contributed by atoms with van der Waals surface area (Å²) < 4.78 is 0. The van der Waals surface area contributed by atoms with Gasteiger partial charge in [0.2, 0.25) is 0 Å². The van der Waals surface area contributed by atoms with Gasteiger partial charge in [0.05, 0.1) is 28.3 Å². The fraction of sp³-hybridized carbons (Fsp3) is 0. The minimum absolute atomic E-state index is 0.949. The van der Waals surface area contributed by atoms with Crippen LogP contribution in [0.3, 0.4) is 0 Å². The SMILES string of the molecule is c1cnc2cccnc2c1.c1cnc2ccncc2c1.c1cnc2cnccc2c1. The first kappa shape index (κ1) is 19.0. The molecule has 6 heterocycles. The summed E-state index contributed by atoms with van der Waals surface area (Å²) in [6.07, 6.45) is 14.2. The lowest BCUT2D eigenvalue weighted by atomic mass is 10.3. The number of fused-ring (bicyclic) bond motifs is 3. The molecule has 0 aliphatic carbocycles. The van der Waals surface area contributed by atoms with Gasteiger partial charge in [-0.05, 0) is 54.6 Å². The summed E-state index contributed by atoms with van der Waals surface area (Å²) in [6.45, 7) is 0. The van der Waals surface area contributed by atoms with E-state index in [9.17, 15) is 0 Å². The molecule has 6 nitrogen and oxygen atoms in total. The summed E-state index contributed by atoms with van der Waals surface area (Å²) in [5, 5.41) is 2.22. The molecule has 0 spiro atoms. The minimum atomic E-state index is 0.949. The van der Waals surface area contributed by atoms with Gasteiger partial charge in [-0.15, -0.1) is 0 Å². The Bertz CT molecular complexity index is 1000. The molecule has 6 heteroatoms. The van der Waals surface area contributed by atoms with E-state index in [1.165, 1.54) is 0 Å². The second-order valence-electron chi connectivity index (χ2n) is 6.19. The van der Waals surface area contributed by atoms with E-state index < -0.39 is 0 Å². The van der Waals surface area contributed by atoms with Crippen molar-refractivity contribution < 1.29 is 0 Å². The maximum Gasteiger partial charge on any atom is 0.0886 e. The van der Waals surface area contributed by atoms with Crippen LogP contribution in [0.25, 0.3) is 32.8 Å². The third-order valence-corrected chi connectivity index (χ3v) is 4.18. The van der Waals surface area contributed by atoms with Crippen molar-refractivity contribution >= 4 is 32.8 Å². The molecule has 0 amide bonds. The molecule has 0 fully saturated rings. The molecule has 0 aromatic carbocycles. The normalized spacial score (nSPS) is 10.0. The van der Waals surface area contributed by atoms with Crippen molar-refractivity contribution in [1.29, 1.82) is 0 Å². The number of rotatable bonds is 0. The topological polar surface area (TPSA) is 77.3 Å². The molecule has 0 aliphatic heterocycles. The van der Waals surface area contributed by atoms with Crippen molar-refractivity contribution in [1.82, 2.24) is 29.9 Å². The molecule has 30 heavy (non-hydrogen) atoms. The zero-order valence-corrected chi connectivity index (χ0v) is 16.1. The number of hydrogen-bond acceptors (Lipinski definition) is 6. The Kier molecular flexibility index (Phi) is 6.18. The molecule has 144 valence electrons. The fourth-order valence-corrected chi connectivity index (χ4v) is 2.74. The van der Waals surface area contributed by atoms with Crippen LogP contribution in [-0.2, 0) is 0 Å². The molecule has 6 rings (SSSR count).